The predicted octanol–water partition coefficient (Wildman–Crippen LogP) is 0.198. The number of fused-ring (bicyclic) bond motifs is 1. The van der Waals surface area contributed by atoms with Crippen LogP contribution in [0.3, 0.4) is 0 Å². The molecule has 0 bridgehead atoms. The molecule has 6 heteroatoms. The van der Waals surface area contributed by atoms with Crippen LogP contribution in [-0.4, -0.2) is 48.2 Å². The van der Waals surface area contributed by atoms with Crippen molar-refractivity contribution in [2.24, 2.45) is 0 Å². The van der Waals surface area contributed by atoms with Crippen molar-refractivity contribution in [3.8, 4) is 0 Å². The van der Waals surface area contributed by atoms with Crippen molar-refractivity contribution in [1.82, 2.24) is 10.2 Å². The topological polar surface area (TPSA) is 82.8 Å². The molecule has 0 spiro atoms. The van der Waals surface area contributed by atoms with E-state index in [4.69, 9.17) is 4.42 Å². The van der Waals surface area contributed by atoms with Gasteiger partial charge < -0.3 is 19.7 Å². The number of benzene rings is 1. The summed E-state index contributed by atoms with van der Waals surface area (Å²) in [4.78, 5) is 25.9. The van der Waals surface area contributed by atoms with Crippen molar-refractivity contribution in [3.05, 3.63) is 46.3 Å². The summed E-state index contributed by atoms with van der Waals surface area (Å²) in [6, 6.07) is 7.68. The Morgan fingerprint density at radius 3 is 2.86 bits per heavy atom. The van der Waals surface area contributed by atoms with Gasteiger partial charge in [-0.2, -0.15) is 0 Å². The highest BCUT2D eigenvalue weighted by Crippen LogP contribution is 2.15. The number of hydrogen-bond acceptors (Lipinski definition) is 5. The molecule has 2 atom stereocenters. The number of rotatable bonds is 2. The third-order valence-corrected chi connectivity index (χ3v) is 3.81. The zero-order chi connectivity index (χ0) is 15.0. The van der Waals surface area contributed by atoms with Gasteiger partial charge in [0.1, 0.15) is 5.58 Å². The van der Waals surface area contributed by atoms with Crippen LogP contribution in [0.15, 0.2) is 39.5 Å². The second-order valence-electron chi connectivity index (χ2n) is 5.18. The predicted molar refractivity (Wildman–Crippen MR) is 77.2 cm³/mol. The van der Waals surface area contributed by atoms with E-state index in [2.05, 4.69) is 5.32 Å². The Morgan fingerprint density at radius 1 is 1.38 bits per heavy atom. The zero-order valence-electron chi connectivity index (χ0n) is 11.6. The molecule has 110 valence electrons. The van der Waals surface area contributed by atoms with Crippen LogP contribution in [0.2, 0.25) is 0 Å². The van der Waals surface area contributed by atoms with Gasteiger partial charge in [-0.15, -0.1) is 0 Å². The molecule has 2 aromatic rings. The molecule has 1 aliphatic rings. The molecule has 0 aliphatic carbocycles. The Hall–Kier alpha value is -2.18. The molecule has 3 rings (SSSR count). The maximum Gasteiger partial charge on any atom is 0.289 e. The van der Waals surface area contributed by atoms with E-state index in [0.717, 1.165) is 0 Å². The molecule has 1 saturated heterocycles. The number of β-amino-alcohol motifs (C(OH)–C–C–N with tert-alkyl or cyclic N) is 1. The lowest BCUT2D eigenvalue weighted by Crippen LogP contribution is -2.44. The normalized spacial score (nSPS) is 21.6. The molecular formula is C15H16N2O4. The Bertz CT molecular complexity index is 740. The van der Waals surface area contributed by atoms with Gasteiger partial charge in [0.05, 0.1) is 17.5 Å². The van der Waals surface area contributed by atoms with Gasteiger partial charge in [-0.3, -0.25) is 9.59 Å². The first-order valence-corrected chi connectivity index (χ1v) is 6.77. The summed E-state index contributed by atoms with van der Waals surface area (Å²) in [6.07, 6.45) is -0.619. The maximum atomic E-state index is 12.4. The van der Waals surface area contributed by atoms with Crippen LogP contribution in [0.25, 0.3) is 11.0 Å². The van der Waals surface area contributed by atoms with Gasteiger partial charge in [0.2, 0.25) is 0 Å². The molecule has 2 N–H and O–H groups in total. The highest BCUT2D eigenvalue weighted by molar-refractivity contribution is 5.93. The van der Waals surface area contributed by atoms with Gasteiger partial charge in [-0.25, -0.2) is 0 Å². The lowest BCUT2D eigenvalue weighted by atomic mass is 10.1. The van der Waals surface area contributed by atoms with Crippen molar-refractivity contribution in [2.75, 3.05) is 20.1 Å². The van der Waals surface area contributed by atoms with E-state index >= 15 is 0 Å². The minimum Gasteiger partial charge on any atom is -0.451 e. The van der Waals surface area contributed by atoms with Crippen molar-refractivity contribution in [3.63, 3.8) is 0 Å². The molecule has 1 aromatic carbocycles. The first kappa shape index (κ1) is 13.8. The molecule has 1 aliphatic heterocycles. The first-order valence-electron chi connectivity index (χ1n) is 6.77. The minimum atomic E-state index is -0.619. The molecule has 21 heavy (non-hydrogen) atoms. The number of para-hydroxylation sites is 1. The summed E-state index contributed by atoms with van der Waals surface area (Å²) >= 11 is 0. The smallest absolute Gasteiger partial charge is 0.289 e. The Balaban J connectivity index is 1.96. The van der Waals surface area contributed by atoms with Gasteiger partial charge in [0.25, 0.3) is 5.91 Å². The van der Waals surface area contributed by atoms with Crippen LogP contribution in [0.4, 0.5) is 0 Å². The van der Waals surface area contributed by atoms with Gasteiger partial charge in [0, 0.05) is 26.2 Å². The van der Waals surface area contributed by atoms with Crippen LogP contribution in [0.5, 0.6) is 0 Å². The van der Waals surface area contributed by atoms with Crippen molar-refractivity contribution in [1.29, 1.82) is 0 Å². The molecule has 0 saturated carbocycles. The first-order chi connectivity index (χ1) is 10.1. The zero-order valence-corrected chi connectivity index (χ0v) is 11.6. The highest BCUT2D eigenvalue weighted by Gasteiger charge is 2.32. The largest absolute Gasteiger partial charge is 0.451 e. The quantitative estimate of drug-likeness (QED) is 0.825. The van der Waals surface area contributed by atoms with E-state index in [1.165, 1.54) is 11.0 Å². The molecule has 1 aromatic heterocycles. The third-order valence-electron chi connectivity index (χ3n) is 3.81. The lowest BCUT2D eigenvalue weighted by Gasteiger charge is -2.25. The number of nitrogens with one attached hydrogen (secondary N) is 1. The number of aliphatic hydroxyl groups is 1. The monoisotopic (exact) mass is 288 g/mol. The average Bonchev–Trinajstić information content (AvgIpc) is 2.92. The Kier molecular flexibility index (Phi) is 3.48. The third kappa shape index (κ3) is 2.43. The van der Waals surface area contributed by atoms with E-state index in [1.807, 2.05) is 0 Å². The molecule has 0 unspecified atom stereocenters. The van der Waals surface area contributed by atoms with Gasteiger partial charge >= 0.3 is 0 Å². The number of nitrogens with zero attached hydrogens (tertiary/aromatic N) is 1. The number of likely N-dealkylation sites (N-methyl/N-ethyl adjacent to an activating group) is 1. The SMILES string of the molecule is CN(C(=O)c1cc(=O)c2ccccc2o1)[C@H]1CNC[C@@H]1O. The van der Waals surface area contributed by atoms with E-state index in [-0.39, 0.29) is 17.2 Å². The maximum absolute atomic E-state index is 12.4. The fourth-order valence-corrected chi connectivity index (χ4v) is 2.58. The van der Waals surface area contributed by atoms with Crippen molar-refractivity contribution in [2.45, 2.75) is 12.1 Å². The van der Waals surface area contributed by atoms with Crippen LogP contribution >= 0.6 is 0 Å². The number of amides is 1. The Labute approximate surface area is 121 Å². The van der Waals surface area contributed by atoms with Crippen LogP contribution in [-0.2, 0) is 0 Å². The van der Waals surface area contributed by atoms with Gasteiger partial charge in [-0.05, 0) is 12.1 Å². The van der Waals surface area contributed by atoms with Gasteiger partial charge in [0.15, 0.2) is 11.2 Å². The summed E-state index contributed by atoms with van der Waals surface area (Å²) in [7, 11) is 1.60. The lowest BCUT2D eigenvalue weighted by molar-refractivity contribution is 0.0553. The molecule has 6 nitrogen and oxygen atoms in total. The summed E-state index contributed by atoms with van der Waals surface area (Å²) in [5.41, 5.74) is 0.130. The second-order valence-corrected chi connectivity index (χ2v) is 5.18. The molecule has 1 fully saturated rings. The molecular weight excluding hydrogens is 272 g/mol. The fraction of sp³-hybridized carbons (Fsp3) is 0.333. The molecule has 0 radical (unpaired) electrons. The van der Waals surface area contributed by atoms with Crippen LogP contribution in [0.1, 0.15) is 10.6 Å². The minimum absolute atomic E-state index is 0.0136. The number of aliphatic hydroxyl groups excluding tert-OH is 1. The summed E-state index contributed by atoms with van der Waals surface area (Å²) < 4.78 is 5.53. The number of hydrogen-bond donors (Lipinski definition) is 2. The fourth-order valence-electron chi connectivity index (χ4n) is 2.58. The highest BCUT2D eigenvalue weighted by atomic mass is 16.3. The molecule has 2 heterocycles. The average molecular weight is 288 g/mol. The van der Waals surface area contributed by atoms with Crippen molar-refractivity contribution < 1.29 is 14.3 Å². The summed E-state index contributed by atoms with van der Waals surface area (Å²) in [6.45, 7) is 0.963. The number of carbonyl (C=O) groups excluding carboxylic acids is 1. The summed E-state index contributed by atoms with van der Waals surface area (Å²) in [5.74, 6) is -0.425. The molecule has 1 amide bonds. The van der Waals surface area contributed by atoms with Gasteiger partial charge in [-0.1, -0.05) is 12.1 Å². The summed E-state index contributed by atoms with van der Waals surface area (Å²) in [5, 5.41) is 13.3. The van der Waals surface area contributed by atoms with Crippen LogP contribution < -0.4 is 10.7 Å². The Morgan fingerprint density at radius 2 is 2.14 bits per heavy atom. The van der Waals surface area contributed by atoms with E-state index in [0.29, 0.717) is 24.1 Å². The number of carbonyl (C=O) groups is 1. The van der Waals surface area contributed by atoms with E-state index in [9.17, 15) is 14.7 Å². The van der Waals surface area contributed by atoms with E-state index in [1.54, 1.807) is 31.3 Å². The van der Waals surface area contributed by atoms with Crippen LogP contribution in [0, 0.1) is 0 Å². The van der Waals surface area contributed by atoms with E-state index < -0.39 is 12.0 Å². The standard InChI is InChI=1S/C15H16N2O4/c1-17(10-7-16-8-12(10)19)15(20)14-6-11(18)9-4-2-3-5-13(9)21-14/h2-6,10,12,16,19H,7-8H2,1H3/t10-,12-/m0/s1. The van der Waals surface area contributed by atoms with Crippen molar-refractivity contribution >= 4 is 16.9 Å². The second kappa shape index (κ2) is 5.31.